The van der Waals surface area contributed by atoms with Crippen molar-refractivity contribution < 1.29 is 9.59 Å². The predicted octanol–water partition coefficient (Wildman–Crippen LogP) is 1.52. The first-order chi connectivity index (χ1) is 4.79. The molecule has 1 aliphatic rings. The minimum atomic E-state index is -0.0266. The van der Waals surface area contributed by atoms with Gasteiger partial charge in [0.2, 0.25) is 0 Å². The lowest BCUT2D eigenvalue weighted by atomic mass is 10.2. The molecule has 3 heteroatoms. The maximum atomic E-state index is 10.9. The summed E-state index contributed by atoms with van der Waals surface area (Å²) < 4.78 is 0. The van der Waals surface area contributed by atoms with Gasteiger partial charge in [0.1, 0.15) is 0 Å². The lowest BCUT2D eigenvalue weighted by molar-refractivity contribution is 0.0924. The summed E-state index contributed by atoms with van der Waals surface area (Å²) >= 11 is 1.35. The van der Waals surface area contributed by atoms with Crippen LogP contribution in [-0.2, 0) is 0 Å². The number of thiophene rings is 1. The van der Waals surface area contributed by atoms with Gasteiger partial charge in [-0.05, 0) is 11.4 Å². The van der Waals surface area contributed by atoms with Crippen molar-refractivity contribution in [3.05, 3.63) is 21.9 Å². The normalized spacial score (nSPS) is 16.0. The quantitative estimate of drug-likeness (QED) is 0.528. The molecule has 0 aromatic carbocycles. The van der Waals surface area contributed by atoms with Crippen molar-refractivity contribution in [3.8, 4) is 0 Å². The molecule has 0 fully saturated rings. The van der Waals surface area contributed by atoms with Gasteiger partial charge in [-0.25, -0.2) is 0 Å². The zero-order valence-electron chi connectivity index (χ0n) is 5.09. The highest BCUT2D eigenvalue weighted by Crippen LogP contribution is 2.26. The van der Waals surface area contributed by atoms with Gasteiger partial charge in [-0.3, -0.25) is 9.59 Å². The van der Waals surface area contributed by atoms with E-state index in [-0.39, 0.29) is 18.0 Å². The standard InChI is InChI=1S/C7H4O2S/c8-5-3-6(9)7-4(5)1-2-10-7/h1-2H,3H2. The SMILES string of the molecule is O=C1CC(=O)c2sccc21. The van der Waals surface area contributed by atoms with E-state index in [0.717, 1.165) is 0 Å². The number of carbonyl (C=O) groups is 2. The maximum Gasteiger partial charge on any atom is 0.181 e. The topological polar surface area (TPSA) is 34.1 Å². The van der Waals surface area contributed by atoms with Crippen molar-refractivity contribution in [2.75, 3.05) is 0 Å². The molecule has 0 amide bonds. The molecule has 0 spiro atoms. The first-order valence-corrected chi connectivity index (χ1v) is 3.81. The molecule has 0 saturated carbocycles. The first-order valence-electron chi connectivity index (χ1n) is 2.93. The summed E-state index contributed by atoms with van der Waals surface area (Å²) in [5, 5.41) is 1.78. The minimum Gasteiger partial charge on any atom is -0.294 e. The fraction of sp³-hybridized carbons (Fsp3) is 0.143. The van der Waals surface area contributed by atoms with Crippen molar-refractivity contribution in [3.63, 3.8) is 0 Å². The van der Waals surface area contributed by atoms with Crippen molar-refractivity contribution >= 4 is 22.9 Å². The van der Waals surface area contributed by atoms with E-state index in [4.69, 9.17) is 0 Å². The molecule has 0 unspecified atom stereocenters. The first kappa shape index (κ1) is 5.80. The lowest BCUT2D eigenvalue weighted by Gasteiger charge is -1.77. The molecule has 50 valence electrons. The molecule has 2 rings (SSSR count). The molecule has 0 atom stereocenters. The number of Topliss-reactive ketones (excluding diaryl/α,β-unsaturated/α-hetero) is 2. The van der Waals surface area contributed by atoms with Crippen LogP contribution in [0.5, 0.6) is 0 Å². The maximum absolute atomic E-state index is 10.9. The smallest absolute Gasteiger partial charge is 0.181 e. The van der Waals surface area contributed by atoms with Gasteiger partial charge in [-0.2, -0.15) is 0 Å². The number of fused-ring (bicyclic) bond motifs is 1. The minimum absolute atomic E-state index is 0.0185. The third kappa shape index (κ3) is 0.580. The average molecular weight is 152 g/mol. The Hall–Kier alpha value is -0.960. The number of rotatable bonds is 0. The highest BCUT2D eigenvalue weighted by Gasteiger charge is 2.27. The van der Waals surface area contributed by atoms with Crippen molar-refractivity contribution in [1.29, 1.82) is 0 Å². The molecule has 0 radical (unpaired) electrons. The Morgan fingerprint density at radius 2 is 2.10 bits per heavy atom. The zero-order valence-corrected chi connectivity index (χ0v) is 5.90. The van der Waals surface area contributed by atoms with Crippen LogP contribution in [0.4, 0.5) is 0 Å². The number of carbonyl (C=O) groups excluding carboxylic acids is 2. The van der Waals surface area contributed by atoms with Crippen LogP contribution in [0.2, 0.25) is 0 Å². The van der Waals surface area contributed by atoms with Crippen LogP contribution in [0.15, 0.2) is 11.4 Å². The molecular weight excluding hydrogens is 148 g/mol. The second-order valence-corrected chi connectivity index (χ2v) is 3.10. The average Bonchev–Trinajstić information content (AvgIpc) is 2.39. The largest absolute Gasteiger partial charge is 0.294 e. The molecular formula is C7H4O2S. The van der Waals surface area contributed by atoms with E-state index >= 15 is 0 Å². The van der Waals surface area contributed by atoms with E-state index in [1.54, 1.807) is 11.4 Å². The number of ketones is 2. The van der Waals surface area contributed by atoms with Gasteiger partial charge >= 0.3 is 0 Å². The summed E-state index contributed by atoms with van der Waals surface area (Å²) in [4.78, 5) is 22.5. The third-order valence-corrected chi connectivity index (χ3v) is 2.50. The summed E-state index contributed by atoms with van der Waals surface area (Å²) in [6, 6.07) is 1.72. The Morgan fingerprint density at radius 1 is 1.30 bits per heavy atom. The summed E-state index contributed by atoms with van der Waals surface area (Å²) in [7, 11) is 0. The Labute approximate surface area is 61.5 Å². The Morgan fingerprint density at radius 3 is 2.80 bits per heavy atom. The van der Waals surface area contributed by atoms with Gasteiger partial charge in [-0.15, -0.1) is 11.3 Å². The lowest BCUT2D eigenvalue weighted by Crippen LogP contribution is -1.91. The van der Waals surface area contributed by atoms with Gasteiger partial charge in [-0.1, -0.05) is 0 Å². The second kappa shape index (κ2) is 1.76. The zero-order chi connectivity index (χ0) is 7.14. The van der Waals surface area contributed by atoms with E-state index < -0.39 is 0 Å². The van der Waals surface area contributed by atoms with Crippen molar-refractivity contribution in [1.82, 2.24) is 0 Å². The van der Waals surface area contributed by atoms with Gasteiger partial charge in [0.05, 0.1) is 11.3 Å². The van der Waals surface area contributed by atoms with Crippen LogP contribution in [-0.4, -0.2) is 11.6 Å². The van der Waals surface area contributed by atoms with Crippen LogP contribution in [0.3, 0.4) is 0 Å². The highest BCUT2D eigenvalue weighted by molar-refractivity contribution is 7.12. The van der Waals surface area contributed by atoms with E-state index in [1.165, 1.54) is 11.3 Å². The fourth-order valence-corrected chi connectivity index (χ4v) is 1.92. The van der Waals surface area contributed by atoms with Gasteiger partial charge in [0.25, 0.3) is 0 Å². The monoisotopic (exact) mass is 152 g/mol. The van der Waals surface area contributed by atoms with Crippen molar-refractivity contribution in [2.24, 2.45) is 0 Å². The summed E-state index contributed by atoms with van der Waals surface area (Å²) in [5.41, 5.74) is 0.620. The Kier molecular flexibility index (Phi) is 1.02. The molecule has 0 saturated heterocycles. The fourth-order valence-electron chi connectivity index (χ4n) is 1.07. The number of hydrogen-bond donors (Lipinski definition) is 0. The van der Waals surface area contributed by atoms with Crippen LogP contribution < -0.4 is 0 Å². The summed E-state index contributed by atoms with van der Waals surface area (Å²) in [6.07, 6.45) is 0.0853. The third-order valence-electron chi connectivity index (χ3n) is 1.54. The van der Waals surface area contributed by atoms with Crippen LogP contribution >= 0.6 is 11.3 Å². The highest BCUT2D eigenvalue weighted by atomic mass is 32.1. The Bertz CT molecular complexity index is 283. The van der Waals surface area contributed by atoms with Crippen molar-refractivity contribution in [2.45, 2.75) is 6.42 Å². The molecule has 0 bridgehead atoms. The van der Waals surface area contributed by atoms with E-state index in [9.17, 15) is 9.59 Å². The predicted molar refractivity (Wildman–Crippen MR) is 37.6 cm³/mol. The van der Waals surface area contributed by atoms with Gasteiger partial charge in [0.15, 0.2) is 11.6 Å². The second-order valence-electron chi connectivity index (χ2n) is 2.19. The summed E-state index contributed by atoms with van der Waals surface area (Å²) in [5.74, 6) is -0.0451. The van der Waals surface area contributed by atoms with E-state index in [0.29, 0.717) is 10.4 Å². The molecule has 1 aromatic rings. The Balaban J connectivity index is 2.69. The molecule has 1 aliphatic carbocycles. The summed E-state index contributed by atoms with van der Waals surface area (Å²) in [6.45, 7) is 0. The van der Waals surface area contributed by atoms with Crippen LogP contribution in [0.1, 0.15) is 26.5 Å². The molecule has 0 aliphatic heterocycles. The molecule has 10 heavy (non-hydrogen) atoms. The van der Waals surface area contributed by atoms with Crippen LogP contribution in [0, 0.1) is 0 Å². The van der Waals surface area contributed by atoms with E-state index in [2.05, 4.69) is 0 Å². The molecule has 0 N–H and O–H groups in total. The van der Waals surface area contributed by atoms with Crippen LogP contribution in [0.25, 0.3) is 0 Å². The molecule has 1 aromatic heterocycles. The van der Waals surface area contributed by atoms with Gasteiger partial charge in [0, 0.05) is 5.56 Å². The van der Waals surface area contributed by atoms with Gasteiger partial charge < -0.3 is 0 Å². The van der Waals surface area contributed by atoms with E-state index in [1.807, 2.05) is 0 Å². The molecule has 2 nitrogen and oxygen atoms in total. The molecule has 1 heterocycles. The number of hydrogen-bond acceptors (Lipinski definition) is 3.